The van der Waals surface area contributed by atoms with Gasteiger partial charge in [-0.15, -0.1) is 0 Å². The molecule has 1 aromatic carbocycles. The standard InChI is InChI=1S/C13H21BO3/c1-8(2)10-6-11(9(3)4)13(17-5)12(7-10)14(15)16/h6-9,15-16H,1-5H3. The third kappa shape index (κ3) is 3.02. The Hall–Kier alpha value is -0.995. The predicted octanol–water partition coefficient (Wildman–Crippen LogP) is 1.62. The van der Waals surface area contributed by atoms with E-state index in [1.54, 1.807) is 13.2 Å². The Kier molecular flexibility index (Phi) is 4.60. The van der Waals surface area contributed by atoms with Gasteiger partial charge in [-0.25, -0.2) is 0 Å². The van der Waals surface area contributed by atoms with Crippen LogP contribution >= 0.6 is 0 Å². The summed E-state index contributed by atoms with van der Waals surface area (Å²) in [5.74, 6) is 1.21. The first-order valence-corrected chi connectivity index (χ1v) is 5.96. The molecule has 0 spiro atoms. The first kappa shape index (κ1) is 14.1. The van der Waals surface area contributed by atoms with Crippen molar-refractivity contribution in [3.05, 3.63) is 23.3 Å². The highest BCUT2D eigenvalue weighted by atomic mass is 16.5. The first-order chi connectivity index (χ1) is 7.88. The minimum Gasteiger partial charge on any atom is -0.497 e. The van der Waals surface area contributed by atoms with E-state index in [1.807, 2.05) is 0 Å². The number of benzene rings is 1. The fourth-order valence-corrected chi connectivity index (χ4v) is 1.89. The lowest BCUT2D eigenvalue weighted by Crippen LogP contribution is -2.32. The highest BCUT2D eigenvalue weighted by Gasteiger charge is 2.22. The summed E-state index contributed by atoms with van der Waals surface area (Å²) >= 11 is 0. The highest BCUT2D eigenvalue weighted by molar-refractivity contribution is 6.59. The maximum atomic E-state index is 9.42. The molecule has 0 saturated carbocycles. The van der Waals surface area contributed by atoms with Gasteiger partial charge in [0, 0.05) is 5.46 Å². The second kappa shape index (κ2) is 5.56. The van der Waals surface area contributed by atoms with Crippen LogP contribution < -0.4 is 10.2 Å². The SMILES string of the molecule is COc1c(B(O)O)cc(C(C)C)cc1C(C)C. The molecule has 0 amide bonds. The second-order valence-electron chi connectivity index (χ2n) is 4.92. The first-order valence-electron chi connectivity index (χ1n) is 5.96. The van der Waals surface area contributed by atoms with Gasteiger partial charge in [0.1, 0.15) is 5.75 Å². The molecule has 17 heavy (non-hydrogen) atoms. The summed E-state index contributed by atoms with van der Waals surface area (Å²) in [5, 5.41) is 18.8. The molecule has 94 valence electrons. The Morgan fingerprint density at radius 3 is 2.00 bits per heavy atom. The van der Waals surface area contributed by atoms with E-state index in [0.717, 1.165) is 11.1 Å². The molecular weight excluding hydrogens is 215 g/mol. The van der Waals surface area contributed by atoms with E-state index in [4.69, 9.17) is 4.74 Å². The fraction of sp³-hybridized carbons (Fsp3) is 0.538. The molecule has 0 aliphatic heterocycles. The van der Waals surface area contributed by atoms with Crippen molar-refractivity contribution in [3.8, 4) is 5.75 Å². The summed E-state index contributed by atoms with van der Waals surface area (Å²) in [4.78, 5) is 0. The third-order valence-corrected chi connectivity index (χ3v) is 2.94. The number of rotatable bonds is 4. The molecule has 0 heterocycles. The molecule has 0 unspecified atom stereocenters. The minimum atomic E-state index is -1.50. The molecule has 0 aromatic heterocycles. The Balaban J connectivity index is 3.46. The van der Waals surface area contributed by atoms with E-state index in [2.05, 4.69) is 33.8 Å². The van der Waals surface area contributed by atoms with Gasteiger partial charge in [0.05, 0.1) is 7.11 Å². The quantitative estimate of drug-likeness (QED) is 0.781. The van der Waals surface area contributed by atoms with Gasteiger partial charge in [-0.05, 0) is 23.0 Å². The van der Waals surface area contributed by atoms with Crippen molar-refractivity contribution in [2.24, 2.45) is 0 Å². The lowest BCUT2D eigenvalue weighted by atomic mass is 9.75. The minimum absolute atomic E-state index is 0.279. The van der Waals surface area contributed by atoms with E-state index in [-0.39, 0.29) is 5.92 Å². The van der Waals surface area contributed by atoms with E-state index in [0.29, 0.717) is 17.1 Å². The van der Waals surface area contributed by atoms with E-state index < -0.39 is 7.12 Å². The van der Waals surface area contributed by atoms with Crippen molar-refractivity contribution in [1.82, 2.24) is 0 Å². The largest absolute Gasteiger partial charge is 0.497 e. The van der Waals surface area contributed by atoms with Crippen LogP contribution in [0, 0.1) is 0 Å². The lowest BCUT2D eigenvalue weighted by molar-refractivity contribution is 0.398. The molecule has 1 rings (SSSR count). The molecule has 3 nitrogen and oxygen atoms in total. The number of methoxy groups -OCH3 is 1. The van der Waals surface area contributed by atoms with Gasteiger partial charge in [0.25, 0.3) is 0 Å². The summed E-state index contributed by atoms with van der Waals surface area (Å²) in [6.07, 6.45) is 0. The monoisotopic (exact) mass is 236 g/mol. The summed E-state index contributed by atoms with van der Waals surface area (Å²) in [7, 11) is 0.0587. The van der Waals surface area contributed by atoms with Gasteiger partial charge in [0.15, 0.2) is 0 Å². The van der Waals surface area contributed by atoms with Crippen molar-refractivity contribution in [1.29, 1.82) is 0 Å². The maximum Gasteiger partial charge on any atom is 0.492 e. The van der Waals surface area contributed by atoms with E-state index >= 15 is 0 Å². The van der Waals surface area contributed by atoms with Crippen LogP contribution in [0.2, 0.25) is 0 Å². The van der Waals surface area contributed by atoms with E-state index in [1.165, 1.54) is 0 Å². The number of ether oxygens (including phenoxy) is 1. The lowest BCUT2D eigenvalue weighted by Gasteiger charge is -2.19. The Bertz CT molecular complexity index is 357. The molecule has 0 aliphatic carbocycles. The number of hydrogen-bond donors (Lipinski definition) is 2. The molecule has 0 radical (unpaired) electrons. The van der Waals surface area contributed by atoms with Crippen molar-refractivity contribution in [2.75, 3.05) is 7.11 Å². The Morgan fingerprint density at radius 2 is 1.65 bits per heavy atom. The normalized spacial score (nSPS) is 11.1. The van der Waals surface area contributed by atoms with Crippen molar-refractivity contribution >= 4 is 12.6 Å². The Labute approximate surface area is 104 Å². The summed E-state index contributed by atoms with van der Waals surface area (Å²) in [6.45, 7) is 8.30. The molecule has 0 saturated heterocycles. The second-order valence-corrected chi connectivity index (χ2v) is 4.92. The van der Waals surface area contributed by atoms with Crippen molar-refractivity contribution < 1.29 is 14.8 Å². The van der Waals surface area contributed by atoms with Crippen LogP contribution in [0.1, 0.15) is 50.7 Å². The topological polar surface area (TPSA) is 49.7 Å². The zero-order valence-corrected chi connectivity index (χ0v) is 11.2. The van der Waals surface area contributed by atoms with E-state index in [9.17, 15) is 10.0 Å². The fourth-order valence-electron chi connectivity index (χ4n) is 1.89. The van der Waals surface area contributed by atoms with Crippen LogP contribution in [0.25, 0.3) is 0 Å². The molecule has 0 bridgehead atoms. The van der Waals surface area contributed by atoms with Crippen molar-refractivity contribution in [2.45, 2.75) is 39.5 Å². The summed E-state index contributed by atoms with van der Waals surface area (Å²) in [6, 6.07) is 3.89. The zero-order chi connectivity index (χ0) is 13.2. The smallest absolute Gasteiger partial charge is 0.492 e. The van der Waals surface area contributed by atoms with Gasteiger partial charge in [-0.2, -0.15) is 0 Å². The molecule has 2 N–H and O–H groups in total. The van der Waals surface area contributed by atoms with Crippen LogP contribution in [0.15, 0.2) is 12.1 Å². The Morgan fingerprint density at radius 1 is 1.06 bits per heavy atom. The van der Waals surface area contributed by atoms with Gasteiger partial charge in [-0.1, -0.05) is 39.8 Å². The molecule has 0 fully saturated rings. The average Bonchev–Trinajstić information content (AvgIpc) is 2.26. The zero-order valence-electron chi connectivity index (χ0n) is 11.2. The molecular formula is C13H21BO3. The molecule has 0 atom stereocenters. The van der Waals surface area contributed by atoms with Crippen LogP contribution in [-0.4, -0.2) is 24.3 Å². The van der Waals surface area contributed by atoms with Gasteiger partial charge < -0.3 is 14.8 Å². The predicted molar refractivity (Wildman–Crippen MR) is 71.0 cm³/mol. The van der Waals surface area contributed by atoms with Gasteiger partial charge in [0.2, 0.25) is 0 Å². The van der Waals surface area contributed by atoms with Crippen LogP contribution in [-0.2, 0) is 0 Å². The van der Waals surface area contributed by atoms with Gasteiger partial charge in [-0.3, -0.25) is 0 Å². The third-order valence-electron chi connectivity index (χ3n) is 2.94. The van der Waals surface area contributed by atoms with Gasteiger partial charge >= 0.3 is 7.12 Å². The molecule has 0 aliphatic rings. The van der Waals surface area contributed by atoms with Crippen LogP contribution in [0.4, 0.5) is 0 Å². The molecule has 4 heteroatoms. The van der Waals surface area contributed by atoms with Crippen LogP contribution in [0.3, 0.4) is 0 Å². The maximum absolute atomic E-state index is 9.42. The average molecular weight is 236 g/mol. The summed E-state index contributed by atoms with van der Waals surface area (Å²) in [5.41, 5.74) is 2.56. The highest BCUT2D eigenvalue weighted by Crippen LogP contribution is 2.28. The molecule has 1 aromatic rings. The summed E-state index contributed by atoms with van der Waals surface area (Å²) < 4.78 is 5.31. The van der Waals surface area contributed by atoms with Crippen molar-refractivity contribution in [3.63, 3.8) is 0 Å². The number of hydrogen-bond acceptors (Lipinski definition) is 3. The van der Waals surface area contributed by atoms with Crippen LogP contribution in [0.5, 0.6) is 5.75 Å².